The molecule has 2 saturated carbocycles. The van der Waals surface area contributed by atoms with Crippen molar-refractivity contribution in [2.45, 2.75) is 88.3 Å². The van der Waals surface area contributed by atoms with Gasteiger partial charge in [0, 0.05) is 0 Å². The zero-order valence-electron chi connectivity index (χ0n) is 13.7. The summed E-state index contributed by atoms with van der Waals surface area (Å²) in [5.41, 5.74) is 0.696. The van der Waals surface area contributed by atoms with Gasteiger partial charge in [0.15, 0.2) is 0 Å². The first-order valence-corrected chi connectivity index (χ1v) is 12.4. The van der Waals surface area contributed by atoms with Crippen LogP contribution in [-0.4, -0.2) is 30.6 Å². The van der Waals surface area contributed by atoms with Crippen LogP contribution in [0.3, 0.4) is 0 Å². The predicted octanol–water partition coefficient (Wildman–Crippen LogP) is 6.08. The van der Waals surface area contributed by atoms with E-state index >= 15 is 0 Å². The number of piperidine rings is 1. The SMILES string of the molecule is FC1CCC(P)CC1.FC1C[CH-]C(C2CCCC[N-]2)CC1.[Cl][Ir+2]. The van der Waals surface area contributed by atoms with E-state index in [0.29, 0.717) is 24.0 Å². The maximum atomic E-state index is 12.9. The number of alkyl halides is 2. The van der Waals surface area contributed by atoms with Gasteiger partial charge in [-0.15, -0.1) is 22.2 Å². The summed E-state index contributed by atoms with van der Waals surface area (Å²) in [6.45, 7) is 1.04. The molecule has 6 heteroatoms. The van der Waals surface area contributed by atoms with Crippen LogP contribution in [0.4, 0.5) is 8.78 Å². The van der Waals surface area contributed by atoms with Crippen molar-refractivity contribution >= 4 is 18.8 Å². The Labute approximate surface area is 157 Å². The molecular formula is C17H30ClF2IrNP. The van der Waals surface area contributed by atoms with Gasteiger partial charge in [0.05, 0.1) is 6.17 Å². The van der Waals surface area contributed by atoms with Crippen LogP contribution in [0.5, 0.6) is 0 Å². The normalized spacial score (nSPS) is 37.7. The van der Waals surface area contributed by atoms with Crippen molar-refractivity contribution in [3.8, 4) is 0 Å². The van der Waals surface area contributed by atoms with E-state index in [9.17, 15) is 8.78 Å². The molecule has 0 bridgehead atoms. The Morgan fingerprint density at radius 3 is 2.04 bits per heavy atom. The number of rotatable bonds is 1. The fourth-order valence-corrected chi connectivity index (χ4v) is 3.91. The molecule has 4 atom stereocenters. The van der Waals surface area contributed by atoms with Crippen LogP contribution in [0.15, 0.2) is 0 Å². The average Bonchev–Trinajstić information content (AvgIpc) is 2.61. The molecule has 1 aliphatic heterocycles. The molecular weight excluding hydrogens is 515 g/mol. The van der Waals surface area contributed by atoms with Gasteiger partial charge in [-0.05, 0) is 37.8 Å². The Balaban J connectivity index is 0.000000228. The van der Waals surface area contributed by atoms with Gasteiger partial charge >= 0.3 is 27.5 Å². The molecule has 0 spiro atoms. The van der Waals surface area contributed by atoms with E-state index < -0.39 is 12.3 Å². The molecule has 0 radical (unpaired) electrons. The molecule has 3 rings (SSSR count). The van der Waals surface area contributed by atoms with Gasteiger partial charge in [0.25, 0.3) is 0 Å². The van der Waals surface area contributed by atoms with Crippen LogP contribution in [0, 0.1) is 12.3 Å². The second kappa shape index (κ2) is 13.4. The first kappa shape index (κ1) is 22.2. The molecule has 0 aromatic carbocycles. The van der Waals surface area contributed by atoms with Crippen LogP contribution < -0.4 is 0 Å². The van der Waals surface area contributed by atoms with Crippen LogP contribution in [-0.2, 0) is 17.9 Å². The Morgan fingerprint density at radius 2 is 1.57 bits per heavy atom. The average molecular weight is 545 g/mol. The number of hydrogen-bond donors (Lipinski definition) is 0. The monoisotopic (exact) mass is 545 g/mol. The standard InChI is InChI=1S/C11H18FN.C6H12FP.ClH.Ir/c12-10-6-4-9(5-7-10)11-3-1-2-8-13-11;7-5-1-3-6(8)4-2-5;;/h4,9-11H,1-3,5-8H2;5-6H,1-4,8H2;1H;/q-2;;;+3/p-1. The molecule has 3 fully saturated rings. The maximum absolute atomic E-state index is 12.9. The molecule has 138 valence electrons. The zero-order valence-corrected chi connectivity index (χ0v) is 18.0. The molecule has 3 aliphatic rings. The van der Waals surface area contributed by atoms with E-state index in [4.69, 9.17) is 0 Å². The molecule has 0 aromatic heterocycles. The number of nitrogens with zero attached hydrogens (tertiary/aromatic N) is 1. The number of halogens is 3. The molecule has 2 aliphatic carbocycles. The third kappa shape index (κ3) is 9.45. The predicted molar refractivity (Wildman–Crippen MR) is 95.1 cm³/mol. The summed E-state index contributed by atoms with van der Waals surface area (Å²) in [7, 11) is 7.39. The fourth-order valence-electron chi connectivity index (χ4n) is 3.52. The van der Waals surface area contributed by atoms with Crippen LogP contribution in [0.25, 0.3) is 5.32 Å². The van der Waals surface area contributed by atoms with E-state index in [0.717, 1.165) is 45.1 Å². The van der Waals surface area contributed by atoms with E-state index in [-0.39, 0.29) is 0 Å². The van der Waals surface area contributed by atoms with Crippen molar-refractivity contribution in [1.29, 1.82) is 0 Å². The summed E-state index contributed by atoms with van der Waals surface area (Å²) in [6, 6.07) is 0.529. The van der Waals surface area contributed by atoms with Crippen molar-refractivity contribution in [3.63, 3.8) is 0 Å². The van der Waals surface area contributed by atoms with E-state index in [1.807, 2.05) is 0 Å². The second-order valence-electron chi connectivity index (χ2n) is 6.79. The van der Waals surface area contributed by atoms with Gasteiger partial charge in [0.1, 0.15) is 6.17 Å². The molecule has 1 heterocycles. The van der Waals surface area contributed by atoms with E-state index in [2.05, 4.69) is 30.6 Å². The fraction of sp³-hybridized carbons (Fsp3) is 0.941. The van der Waals surface area contributed by atoms with Gasteiger partial charge < -0.3 is 11.7 Å². The molecule has 23 heavy (non-hydrogen) atoms. The van der Waals surface area contributed by atoms with Crippen molar-refractivity contribution in [2.24, 2.45) is 5.92 Å². The van der Waals surface area contributed by atoms with Crippen molar-refractivity contribution in [3.05, 3.63) is 11.7 Å². The second-order valence-corrected chi connectivity index (χ2v) is 7.73. The minimum absolute atomic E-state index is 0.494. The summed E-state index contributed by atoms with van der Waals surface area (Å²) < 4.78 is 25.2. The van der Waals surface area contributed by atoms with Gasteiger partial charge in [-0.2, -0.15) is 12.0 Å². The van der Waals surface area contributed by atoms with E-state index in [1.54, 1.807) is 0 Å². The summed E-state index contributed by atoms with van der Waals surface area (Å²) in [5.74, 6) is 0.590. The van der Waals surface area contributed by atoms with Gasteiger partial charge in [-0.1, -0.05) is 25.7 Å². The summed E-state index contributed by atoms with van der Waals surface area (Å²) in [6.07, 6.45) is 11.1. The minimum atomic E-state index is -0.570. The van der Waals surface area contributed by atoms with Crippen molar-refractivity contribution in [1.82, 2.24) is 0 Å². The third-order valence-electron chi connectivity index (χ3n) is 4.98. The summed E-state index contributed by atoms with van der Waals surface area (Å²) in [5, 5.41) is 4.62. The molecule has 0 amide bonds. The van der Waals surface area contributed by atoms with Crippen LogP contribution >= 0.6 is 18.8 Å². The van der Waals surface area contributed by atoms with Crippen LogP contribution in [0.1, 0.15) is 64.2 Å². The van der Waals surface area contributed by atoms with Gasteiger partial charge in [0.2, 0.25) is 0 Å². The van der Waals surface area contributed by atoms with Gasteiger partial charge in [-0.3, -0.25) is 4.39 Å². The quantitative estimate of drug-likeness (QED) is 0.280. The Kier molecular flexibility index (Phi) is 13.0. The first-order chi connectivity index (χ1) is 11.1. The van der Waals surface area contributed by atoms with Crippen LogP contribution in [0.2, 0.25) is 0 Å². The Bertz CT molecular complexity index is 270. The Hall–Kier alpha value is 1.19. The molecule has 4 unspecified atom stereocenters. The molecule has 0 N–H and O–H groups in total. The topological polar surface area (TPSA) is 14.1 Å². The third-order valence-corrected chi connectivity index (χ3v) is 5.64. The van der Waals surface area contributed by atoms with E-state index in [1.165, 1.54) is 37.2 Å². The molecule has 1 nitrogen and oxygen atoms in total. The van der Waals surface area contributed by atoms with Gasteiger partial charge in [-0.25, -0.2) is 4.39 Å². The molecule has 0 aromatic rings. The zero-order chi connectivity index (χ0) is 17.1. The summed E-state index contributed by atoms with van der Waals surface area (Å²) in [4.78, 5) is 0. The number of hydrogen-bond acceptors (Lipinski definition) is 0. The Morgan fingerprint density at radius 1 is 0.913 bits per heavy atom. The van der Waals surface area contributed by atoms with Crippen molar-refractivity contribution in [2.75, 3.05) is 6.54 Å². The first-order valence-electron chi connectivity index (χ1n) is 8.81. The molecule has 1 saturated heterocycles. The summed E-state index contributed by atoms with van der Waals surface area (Å²) >= 11 is 1.47. The van der Waals surface area contributed by atoms with Crippen molar-refractivity contribution < 1.29 is 26.7 Å².